The van der Waals surface area contributed by atoms with Gasteiger partial charge in [-0.15, -0.1) is 0 Å². The Kier molecular flexibility index (Phi) is 8.42. The quantitative estimate of drug-likeness (QED) is 0.620. The molecule has 2 atom stereocenters. The van der Waals surface area contributed by atoms with Crippen LogP contribution in [-0.2, 0) is 9.59 Å². The lowest BCUT2D eigenvalue weighted by Crippen LogP contribution is -2.51. The van der Waals surface area contributed by atoms with Crippen LogP contribution in [0.25, 0.3) is 0 Å². The van der Waals surface area contributed by atoms with Crippen LogP contribution in [-0.4, -0.2) is 53.6 Å². The minimum atomic E-state index is -0.955. The molecule has 0 rings (SSSR count). The van der Waals surface area contributed by atoms with Gasteiger partial charge >= 0.3 is 12.0 Å². The van der Waals surface area contributed by atoms with Crippen LogP contribution < -0.4 is 10.6 Å². The Morgan fingerprint density at radius 1 is 1.14 bits per heavy atom. The van der Waals surface area contributed by atoms with E-state index in [4.69, 9.17) is 5.11 Å². The summed E-state index contributed by atoms with van der Waals surface area (Å²) in [7, 11) is 0. The number of hydrogen-bond donors (Lipinski definition) is 3. The van der Waals surface area contributed by atoms with Gasteiger partial charge in [0.2, 0.25) is 5.91 Å². The van der Waals surface area contributed by atoms with Crippen molar-refractivity contribution in [3.05, 3.63) is 0 Å². The molecule has 122 valence electrons. The van der Waals surface area contributed by atoms with Crippen LogP contribution in [0.4, 0.5) is 4.79 Å². The number of carbonyl (C=O) groups is 3. The molecule has 0 aromatic carbocycles. The van der Waals surface area contributed by atoms with Crippen molar-refractivity contribution < 1.29 is 19.5 Å². The molecule has 0 aliphatic carbocycles. The summed E-state index contributed by atoms with van der Waals surface area (Å²) >= 11 is 0. The molecule has 0 spiro atoms. The van der Waals surface area contributed by atoms with Crippen LogP contribution in [0.3, 0.4) is 0 Å². The van der Waals surface area contributed by atoms with Crippen molar-refractivity contribution in [2.75, 3.05) is 19.6 Å². The molecule has 7 nitrogen and oxygen atoms in total. The van der Waals surface area contributed by atoms with Crippen LogP contribution in [0.5, 0.6) is 0 Å². The standard InChI is InChI=1S/C14H27N3O4/c1-6-17(8-10(4)13(19)20)14(21)16-11(5)12(18)15-7-9(2)3/h9-11H,6-8H2,1-5H3,(H,15,18)(H,16,21)(H,19,20). The second kappa shape index (κ2) is 9.20. The molecule has 0 bridgehead atoms. The van der Waals surface area contributed by atoms with E-state index in [0.717, 1.165) is 0 Å². The fraction of sp³-hybridized carbons (Fsp3) is 0.786. The molecule has 0 aliphatic heterocycles. The number of urea groups is 1. The first kappa shape index (κ1) is 19.2. The van der Waals surface area contributed by atoms with Gasteiger partial charge in [0.25, 0.3) is 0 Å². The average molecular weight is 301 g/mol. The summed E-state index contributed by atoms with van der Waals surface area (Å²) in [5.41, 5.74) is 0. The van der Waals surface area contributed by atoms with Gasteiger partial charge in [-0.3, -0.25) is 9.59 Å². The molecule has 0 heterocycles. The van der Waals surface area contributed by atoms with E-state index in [2.05, 4.69) is 10.6 Å². The maximum Gasteiger partial charge on any atom is 0.318 e. The molecule has 0 radical (unpaired) electrons. The minimum Gasteiger partial charge on any atom is -0.481 e. The minimum absolute atomic E-state index is 0.109. The number of rotatable bonds is 8. The van der Waals surface area contributed by atoms with Gasteiger partial charge in [-0.05, 0) is 19.8 Å². The number of carbonyl (C=O) groups excluding carboxylic acids is 2. The Balaban J connectivity index is 4.42. The number of hydrogen-bond acceptors (Lipinski definition) is 3. The zero-order valence-corrected chi connectivity index (χ0v) is 13.5. The van der Waals surface area contributed by atoms with E-state index in [0.29, 0.717) is 19.0 Å². The third-order valence-corrected chi connectivity index (χ3v) is 3.00. The van der Waals surface area contributed by atoms with Gasteiger partial charge < -0.3 is 20.6 Å². The predicted octanol–water partition coefficient (Wildman–Crippen LogP) is 0.899. The van der Waals surface area contributed by atoms with Crippen molar-refractivity contribution in [3.8, 4) is 0 Å². The highest BCUT2D eigenvalue weighted by molar-refractivity contribution is 5.86. The molecule has 0 fully saturated rings. The first-order valence-corrected chi connectivity index (χ1v) is 7.24. The Bertz CT molecular complexity index is 371. The van der Waals surface area contributed by atoms with Gasteiger partial charge in [0.15, 0.2) is 0 Å². The smallest absolute Gasteiger partial charge is 0.318 e. The van der Waals surface area contributed by atoms with Crippen molar-refractivity contribution in [2.45, 2.75) is 40.7 Å². The maximum absolute atomic E-state index is 12.0. The Labute approximate surface area is 126 Å². The van der Waals surface area contributed by atoms with E-state index in [9.17, 15) is 14.4 Å². The second-order valence-corrected chi connectivity index (χ2v) is 5.59. The topological polar surface area (TPSA) is 98.7 Å². The highest BCUT2D eigenvalue weighted by Gasteiger charge is 2.22. The van der Waals surface area contributed by atoms with E-state index in [1.165, 1.54) is 11.8 Å². The van der Waals surface area contributed by atoms with Gasteiger partial charge in [-0.25, -0.2) is 4.79 Å². The summed E-state index contributed by atoms with van der Waals surface area (Å²) in [5.74, 6) is -1.52. The molecule has 3 amide bonds. The highest BCUT2D eigenvalue weighted by atomic mass is 16.4. The predicted molar refractivity (Wildman–Crippen MR) is 79.9 cm³/mol. The lowest BCUT2D eigenvalue weighted by molar-refractivity contribution is -0.141. The van der Waals surface area contributed by atoms with E-state index >= 15 is 0 Å². The van der Waals surface area contributed by atoms with Crippen LogP contribution in [0, 0.1) is 11.8 Å². The number of carboxylic acids is 1. The summed E-state index contributed by atoms with van der Waals surface area (Å²) in [5, 5.41) is 14.2. The Morgan fingerprint density at radius 3 is 2.14 bits per heavy atom. The first-order valence-electron chi connectivity index (χ1n) is 7.24. The normalized spacial score (nSPS) is 13.4. The lowest BCUT2D eigenvalue weighted by atomic mass is 10.2. The maximum atomic E-state index is 12.0. The van der Waals surface area contributed by atoms with Gasteiger partial charge in [-0.1, -0.05) is 20.8 Å². The monoisotopic (exact) mass is 301 g/mol. The number of nitrogens with one attached hydrogen (secondary N) is 2. The van der Waals surface area contributed by atoms with Gasteiger partial charge in [0.1, 0.15) is 6.04 Å². The van der Waals surface area contributed by atoms with Gasteiger partial charge in [0, 0.05) is 19.6 Å². The highest BCUT2D eigenvalue weighted by Crippen LogP contribution is 2.01. The van der Waals surface area contributed by atoms with Crippen LogP contribution in [0.2, 0.25) is 0 Å². The number of amides is 3. The summed E-state index contributed by atoms with van der Waals surface area (Å²) in [6.45, 7) is 9.90. The zero-order chi connectivity index (χ0) is 16.6. The number of carboxylic acid groups (broad SMARTS) is 1. The molecule has 21 heavy (non-hydrogen) atoms. The summed E-state index contributed by atoms with van der Waals surface area (Å²) in [4.78, 5) is 36.0. The summed E-state index contributed by atoms with van der Waals surface area (Å²) in [6.07, 6.45) is 0. The Hall–Kier alpha value is -1.79. The molecular weight excluding hydrogens is 274 g/mol. The van der Waals surface area contributed by atoms with E-state index in [1.54, 1.807) is 13.8 Å². The molecule has 7 heteroatoms. The van der Waals surface area contributed by atoms with E-state index in [1.807, 2.05) is 13.8 Å². The number of nitrogens with zero attached hydrogens (tertiary/aromatic N) is 1. The van der Waals surface area contributed by atoms with Crippen molar-refractivity contribution in [1.82, 2.24) is 15.5 Å². The molecule has 2 unspecified atom stereocenters. The molecular formula is C14H27N3O4. The van der Waals surface area contributed by atoms with Crippen LogP contribution in [0.15, 0.2) is 0 Å². The van der Waals surface area contributed by atoms with Crippen molar-refractivity contribution >= 4 is 17.9 Å². The van der Waals surface area contributed by atoms with E-state index < -0.39 is 24.0 Å². The van der Waals surface area contributed by atoms with E-state index in [-0.39, 0.29) is 12.5 Å². The zero-order valence-electron chi connectivity index (χ0n) is 13.5. The fourth-order valence-electron chi connectivity index (χ4n) is 1.56. The molecule has 0 aromatic rings. The largest absolute Gasteiger partial charge is 0.481 e. The molecule has 0 saturated carbocycles. The molecule has 0 aromatic heterocycles. The fourth-order valence-corrected chi connectivity index (χ4v) is 1.56. The SMILES string of the molecule is CCN(CC(C)C(=O)O)C(=O)NC(C)C(=O)NCC(C)C. The lowest BCUT2D eigenvalue weighted by Gasteiger charge is -2.25. The average Bonchev–Trinajstić information content (AvgIpc) is 2.40. The van der Waals surface area contributed by atoms with Crippen molar-refractivity contribution in [2.24, 2.45) is 11.8 Å². The summed E-state index contributed by atoms with van der Waals surface area (Å²) in [6, 6.07) is -1.09. The third kappa shape index (κ3) is 7.53. The molecule has 0 saturated heterocycles. The second-order valence-electron chi connectivity index (χ2n) is 5.59. The van der Waals surface area contributed by atoms with Crippen molar-refractivity contribution in [3.63, 3.8) is 0 Å². The summed E-state index contributed by atoms with van der Waals surface area (Å²) < 4.78 is 0. The van der Waals surface area contributed by atoms with Crippen LogP contribution >= 0.6 is 0 Å². The molecule has 3 N–H and O–H groups in total. The number of aliphatic carboxylic acids is 1. The Morgan fingerprint density at radius 2 is 1.71 bits per heavy atom. The van der Waals surface area contributed by atoms with Gasteiger partial charge in [-0.2, -0.15) is 0 Å². The van der Waals surface area contributed by atoms with Gasteiger partial charge in [0.05, 0.1) is 5.92 Å². The van der Waals surface area contributed by atoms with Crippen LogP contribution in [0.1, 0.15) is 34.6 Å². The van der Waals surface area contributed by atoms with Crippen molar-refractivity contribution in [1.29, 1.82) is 0 Å². The first-order chi connectivity index (χ1) is 9.68. The molecule has 0 aliphatic rings. The third-order valence-electron chi connectivity index (χ3n) is 3.00.